The third kappa shape index (κ3) is 9.41. The second kappa shape index (κ2) is 18.5. The van der Waals surface area contributed by atoms with Gasteiger partial charge in [-0.2, -0.15) is 0 Å². The van der Waals surface area contributed by atoms with Gasteiger partial charge in [-0.05, 0) is 234 Å². The Hall–Kier alpha value is -6.69. The van der Waals surface area contributed by atoms with Gasteiger partial charge in [-0.3, -0.25) is 0 Å². The van der Waals surface area contributed by atoms with Crippen LogP contribution < -0.4 is 0 Å². The largest absolute Gasteiger partial charge is 0.309 e. The molecular formula is C73H73IN2. The molecule has 0 bridgehead atoms. The molecule has 2 heterocycles. The van der Waals surface area contributed by atoms with E-state index in [9.17, 15) is 0 Å². The molecule has 2 aromatic heterocycles. The summed E-state index contributed by atoms with van der Waals surface area (Å²) in [5.41, 5.74) is 26.2. The number of aromatic nitrogens is 2. The van der Waals surface area contributed by atoms with Gasteiger partial charge >= 0.3 is 0 Å². The molecule has 0 fully saturated rings. The summed E-state index contributed by atoms with van der Waals surface area (Å²) in [6, 6.07) is 66.0. The molecule has 11 rings (SSSR count). The molecule has 11 aromatic rings. The second-order valence-electron chi connectivity index (χ2n) is 26.0. The summed E-state index contributed by atoms with van der Waals surface area (Å²) < 4.78 is 6.16. The van der Waals surface area contributed by atoms with Crippen LogP contribution in [0.5, 0.6) is 0 Å². The van der Waals surface area contributed by atoms with Gasteiger partial charge in [0.25, 0.3) is 0 Å². The Morgan fingerprint density at radius 1 is 0.276 bits per heavy atom. The summed E-state index contributed by atoms with van der Waals surface area (Å²) in [5.74, 6) is 0. The molecule has 2 nitrogen and oxygen atoms in total. The van der Waals surface area contributed by atoms with Crippen molar-refractivity contribution in [2.24, 2.45) is 0 Å². The van der Waals surface area contributed by atoms with Gasteiger partial charge in [0, 0.05) is 36.5 Å². The van der Waals surface area contributed by atoms with Crippen LogP contribution in [0.15, 0.2) is 170 Å². The van der Waals surface area contributed by atoms with Crippen LogP contribution in [0.4, 0.5) is 0 Å². The minimum Gasteiger partial charge on any atom is -0.309 e. The van der Waals surface area contributed by atoms with Crippen LogP contribution in [0.2, 0.25) is 0 Å². The molecule has 0 N–H and O–H groups in total. The van der Waals surface area contributed by atoms with Crippen molar-refractivity contribution in [2.75, 3.05) is 0 Å². The Bertz CT molecular complexity index is 3640. The summed E-state index contributed by atoms with van der Waals surface area (Å²) in [7, 11) is 0. The fourth-order valence-corrected chi connectivity index (χ4v) is 12.5. The van der Waals surface area contributed by atoms with Crippen LogP contribution in [-0.4, -0.2) is 9.13 Å². The van der Waals surface area contributed by atoms with Gasteiger partial charge in [-0.15, -0.1) is 0 Å². The highest BCUT2D eigenvalue weighted by Gasteiger charge is 2.25. The van der Waals surface area contributed by atoms with Crippen molar-refractivity contribution in [1.82, 2.24) is 9.13 Å². The van der Waals surface area contributed by atoms with Crippen molar-refractivity contribution < 1.29 is 0 Å². The summed E-state index contributed by atoms with van der Waals surface area (Å²) >= 11 is 2.49. The lowest BCUT2D eigenvalue weighted by Crippen LogP contribution is -2.10. The molecule has 382 valence electrons. The molecular weight excluding hydrogens is 1030 g/mol. The van der Waals surface area contributed by atoms with E-state index < -0.39 is 0 Å². The number of nitrogens with zero attached hydrogens (tertiary/aromatic N) is 2. The molecule has 9 aromatic carbocycles. The predicted octanol–water partition coefficient (Wildman–Crippen LogP) is 21.3. The van der Waals surface area contributed by atoms with Crippen molar-refractivity contribution in [1.29, 1.82) is 0 Å². The monoisotopic (exact) mass is 1100 g/mol. The van der Waals surface area contributed by atoms with E-state index in [0.717, 1.165) is 11.4 Å². The van der Waals surface area contributed by atoms with E-state index in [4.69, 9.17) is 0 Å². The summed E-state index contributed by atoms with van der Waals surface area (Å²) in [5, 5.41) is 5.20. The Labute approximate surface area is 466 Å². The summed E-state index contributed by atoms with van der Waals surface area (Å²) in [6.07, 6.45) is 0. The second-order valence-corrected chi connectivity index (χ2v) is 27.3. The Balaban J connectivity index is 1.10. The minimum absolute atomic E-state index is 0.0371. The third-order valence-corrected chi connectivity index (χ3v) is 16.5. The van der Waals surface area contributed by atoms with Gasteiger partial charge in [0.05, 0.1) is 22.1 Å². The van der Waals surface area contributed by atoms with Crippen molar-refractivity contribution in [3.05, 3.63) is 212 Å². The van der Waals surface area contributed by atoms with E-state index in [1.165, 1.54) is 131 Å². The number of benzene rings is 9. The predicted molar refractivity (Wildman–Crippen MR) is 339 cm³/mol. The van der Waals surface area contributed by atoms with E-state index in [2.05, 4.69) is 305 Å². The number of hydrogen-bond donors (Lipinski definition) is 0. The molecule has 0 saturated carbocycles. The number of halogens is 1. The first-order valence-corrected chi connectivity index (χ1v) is 28.3. The molecule has 0 aliphatic rings. The topological polar surface area (TPSA) is 9.86 Å². The van der Waals surface area contributed by atoms with Gasteiger partial charge < -0.3 is 9.13 Å². The maximum Gasteiger partial charge on any atom is 0.0541 e. The van der Waals surface area contributed by atoms with Crippen LogP contribution in [0.1, 0.15) is 122 Å². The summed E-state index contributed by atoms with van der Waals surface area (Å²) in [6.45, 7) is 34.4. The van der Waals surface area contributed by atoms with Crippen LogP contribution >= 0.6 is 22.6 Å². The number of aryl methyl sites for hydroxylation is 3. The first kappa shape index (κ1) is 51.4. The minimum atomic E-state index is 0.0371. The number of fused-ring (bicyclic) bond motifs is 6. The number of hydrogen-bond acceptors (Lipinski definition) is 0. The quantitative estimate of drug-likeness (QED) is 0.147. The van der Waals surface area contributed by atoms with Gasteiger partial charge in [0.15, 0.2) is 0 Å². The first-order chi connectivity index (χ1) is 35.8. The van der Waals surface area contributed by atoms with Crippen LogP contribution in [0.25, 0.3) is 99.5 Å². The smallest absolute Gasteiger partial charge is 0.0541 e. The van der Waals surface area contributed by atoms with E-state index in [1.54, 1.807) is 0 Å². The molecule has 0 amide bonds. The highest BCUT2D eigenvalue weighted by Crippen LogP contribution is 2.45. The van der Waals surface area contributed by atoms with E-state index in [1.807, 2.05) is 0 Å². The standard InChI is InChI=1S/C73H73IN2/c1-44-32-45(2)34-49(33-44)60-42-59(48-18-26-57(27-19-48)76-68-30-22-53(72(10,11)12)40-64(68)65-41-54(73(13,14)15)23-31-69(65)76)61(50-35-46(3)36-55(74)37-50)43-58(60)47-16-24-56(25-17-47)75-66-28-20-51(70(4,5)6)38-62(66)63-39-52(71(7,8)9)21-29-67(63)75/h16-43H,1-15H3. The van der Waals surface area contributed by atoms with Crippen LogP contribution in [0, 0.1) is 24.3 Å². The zero-order valence-electron chi connectivity index (χ0n) is 47.4. The maximum atomic E-state index is 2.49. The molecule has 0 radical (unpaired) electrons. The molecule has 0 unspecified atom stereocenters. The van der Waals surface area contributed by atoms with E-state index >= 15 is 0 Å². The molecule has 0 atom stereocenters. The molecule has 0 spiro atoms. The number of rotatable bonds is 6. The third-order valence-electron chi connectivity index (χ3n) is 15.9. The van der Waals surface area contributed by atoms with E-state index in [0.29, 0.717) is 0 Å². The lowest BCUT2D eigenvalue weighted by molar-refractivity contribution is 0.590. The average Bonchev–Trinajstić information content (AvgIpc) is 3.93. The first-order valence-electron chi connectivity index (χ1n) is 27.2. The molecule has 0 saturated heterocycles. The lowest BCUT2D eigenvalue weighted by atomic mass is 9.85. The Morgan fingerprint density at radius 2 is 0.553 bits per heavy atom. The zero-order chi connectivity index (χ0) is 54.0. The molecule has 0 aliphatic carbocycles. The van der Waals surface area contributed by atoms with Crippen molar-refractivity contribution in [2.45, 2.75) is 126 Å². The van der Waals surface area contributed by atoms with Crippen molar-refractivity contribution >= 4 is 66.2 Å². The van der Waals surface area contributed by atoms with Crippen molar-refractivity contribution in [3.8, 4) is 55.9 Å². The maximum absolute atomic E-state index is 2.49. The Morgan fingerprint density at radius 3 is 0.842 bits per heavy atom. The normalized spacial score (nSPS) is 12.7. The average molecular weight is 1110 g/mol. The van der Waals surface area contributed by atoms with Gasteiger partial charge in [0.1, 0.15) is 0 Å². The fourth-order valence-electron chi connectivity index (χ4n) is 11.6. The van der Waals surface area contributed by atoms with Crippen molar-refractivity contribution in [3.63, 3.8) is 0 Å². The summed E-state index contributed by atoms with van der Waals surface area (Å²) in [4.78, 5) is 0. The van der Waals surface area contributed by atoms with Gasteiger partial charge in [0.2, 0.25) is 0 Å². The van der Waals surface area contributed by atoms with Crippen LogP contribution in [0.3, 0.4) is 0 Å². The zero-order valence-corrected chi connectivity index (χ0v) is 49.6. The SMILES string of the molecule is Cc1cc(C)cc(-c2cc(-c3ccc(-n4c5ccc(C(C)(C)C)cc5c5cc(C(C)(C)C)ccc54)cc3)c(-c3cc(C)cc(I)c3)cc2-c2ccc(-n3c4ccc(C(C)(C)C)cc4c4cc(C(C)(C)C)ccc43)cc2)c1. The fraction of sp³-hybridized carbons (Fsp3) is 0.260. The van der Waals surface area contributed by atoms with Gasteiger partial charge in [-0.1, -0.05) is 167 Å². The highest BCUT2D eigenvalue weighted by molar-refractivity contribution is 14.1. The Kier molecular flexibility index (Phi) is 12.5. The molecule has 3 heteroatoms. The molecule has 76 heavy (non-hydrogen) atoms. The van der Waals surface area contributed by atoms with E-state index in [-0.39, 0.29) is 21.7 Å². The molecule has 0 aliphatic heterocycles. The lowest BCUT2D eigenvalue weighted by Gasteiger charge is -2.20. The highest BCUT2D eigenvalue weighted by atomic mass is 127. The van der Waals surface area contributed by atoms with Crippen LogP contribution in [-0.2, 0) is 21.7 Å². The van der Waals surface area contributed by atoms with Gasteiger partial charge in [-0.25, -0.2) is 0 Å².